The van der Waals surface area contributed by atoms with Gasteiger partial charge in [-0.1, -0.05) is 13.3 Å². The van der Waals surface area contributed by atoms with E-state index in [0.717, 1.165) is 31.2 Å². The maximum Gasteiger partial charge on any atom is 0.341 e. The van der Waals surface area contributed by atoms with Gasteiger partial charge < -0.3 is 4.74 Å². The Balaban J connectivity index is 2.05. The Morgan fingerprint density at radius 3 is 2.90 bits per heavy atom. The van der Waals surface area contributed by atoms with E-state index in [2.05, 4.69) is 16.9 Å². The lowest BCUT2D eigenvalue weighted by Gasteiger charge is -2.20. The van der Waals surface area contributed by atoms with Crippen molar-refractivity contribution in [1.82, 2.24) is 14.7 Å². The average molecular weight is 293 g/mol. The van der Waals surface area contributed by atoms with Gasteiger partial charge in [0.15, 0.2) is 0 Å². The highest BCUT2D eigenvalue weighted by atomic mass is 16.5. The molecule has 0 aromatic carbocycles. The van der Waals surface area contributed by atoms with E-state index < -0.39 is 0 Å². The van der Waals surface area contributed by atoms with E-state index >= 15 is 0 Å². The molecule has 0 amide bonds. The zero-order chi connectivity index (χ0) is 15.2. The van der Waals surface area contributed by atoms with Crippen LogP contribution in [0.2, 0.25) is 0 Å². The third-order valence-electron chi connectivity index (χ3n) is 4.45. The van der Waals surface area contributed by atoms with Crippen molar-refractivity contribution < 1.29 is 9.53 Å². The Kier molecular flexibility index (Phi) is 5.79. The van der Waals surface area contributed by atoms with Crippen LogP contribution in [0.25, 0.3) is 0 Å². The van der Waals surface area contributed by atoms with Crippen LogP contribution in [0.5, 0.6) is 0 Å². The monoisotopic (exact) mass is 293 g/mol. The fourth-order valence-corrected chi connectivity index (χ4v) is 3.03. The second-order valence-corrected chi connectivity index (χ2v) is 5.83. The number of ether oxygens (including phenoxy) is 1. The van der Waals surface area contributed by atoms with E-state index in [-0.39, 0.29) is 5.97 Å². The summed E-state index contributed by atoms with van der Waals surface area (Å²) in [6.45, 7) is 7.49. The minimum Gasteiger partial charge on any atom is -0.462 e. The van der Waals surface area contributed by atoms with Crippen LogP contribution in [-0.4, -0.2) is 40.3 Å². The first kappa shape index (κ1) is 16.0. The van der Waals surface area contributed by atoms with Crippen molar-refractivity contribution in [2.45, 2.75) is 46.1 Å². The van der Waals surface area contributed by atoms with Crippen molar-refractivity contribution in [3.05, 3.63) is 17.5 Å². The summed E-state index contributed by atoms with van der Waals surface area (Å²) >= 11 is 0. The Bertz CT molecular complexity index is 470. The zero-order valence-corrected chi connectivity index (χ0v) is 13.5. The summed E-state index contributed by atoms with van der Waals surface area (Å²) < 4.78 is 6.92. The van der Waals surface area contributed by atoms with Gasteiger partial charge in [0.1, 0.15) is 5.56 Å². The van der Waals surface area contributed by atoms with Gasteiger partial charge in [0, 0.05) is 13.6 Å². The molecule has 1 unspecified atom stereocenters. The number of esters is 1. The van der Waals surface area contributed by atoms with Gasteiger partial charge >= 0.3 is 5.97 Å². The molecule has 0 radical (unpaired) electrons. The molecule has 0 aliphatic carbocycles. The summed E-state index contributed by atoms with van der Waals surface area (Å²) in [5, 5.41) is 4.23. The standard InChI is InChI=1S/C16H27N3O2/c1-4-13-7-6-9-19(10-8-13)12-15-14(11-17-18(15)3)16(20)21-5-2/h11,13H,4-10,12H2,1-3H3. The molecule has 5 heteroatoms. The Labute approximate surface area is 127 Å². The third kappa shape index (κ3) is 4.06. The van der Waals surface area contributed by atoms with Crippen LogP contribution in [0.15, 0.2) is 6.20 Å². The Morgan fingerprint density at radius 2 is 2.19 bits per heavy atom. The van der Waals surface area contributed by atoms with Crippen molar-refractivity contribution in [2.75, 3.05) is 19.7 Å². The topological polar surface area (TPSA) is 47.4 Å². The van der Waals surface area contributed by atoms with Gasteiger partial charge in [-0.3, -0.25) is 9.58 Å². The van der Waals surface area contributed by atoms with Crippen LogP contribution >= 0.6 is 0 Å². The van der Waals surface area contributed by atoms with E-state index in [9.17, 15) is 4.79 Å². The minimum absolute atomic E-state index is 0.262. The molecule has 21 heavy (non-hydrogen) atoms. The molecule has 1 fully saturated rings. The van der Waals surface area contributed by atoms with Crippen LogP contribution in [0.1, 0.15) is 55.6 Å². The molecule has 0 spiro atoms. The third-order valence-corrected chi connectivity index (χ3v) is 4.45. The van der Waals surface area contributed by atoms with Crippen molar-refractivity contribution in [3.8, 4) is 0 Å². The summed E-state index contributed by atoms with van der Waals surface area (Å²) in [6.07, 6.45) is 6.71. The van der Waals surface area contributed by atoms with Crippen LogP contribution in [0.3, 0.4) is 0 Å². The number of aryl methyl sites for hydroxylation is 1. The first-order valence-electron chi connectivity index (χ1n) is 8.06. The summed E-state index contributed by atoms with van der Waals surface area (Å²) in [6, 6.07) is 0. The number of rotatable bonds is 5. The van der Waals surface area contributed by atoms with Gasteiger partial charge in [0.25, 0.3) is 0 Å². The molecule has 118 valence electrons. The van der Waals surface area contributed by atoms with Crippen LogP contribution < -0.4 is 0 Å². The number of hydrogen-bond donors (Lipinski definition) is 0. The van der Waals surface area contributed by atoms with Gasteiger partial charge in [-0.05, 0) is 45.2 Å². The Morgan fingerprint density at radius 1 is 1.38 bits per heavy atom. The molecule has 1 aliphatic heterocycles. The molecule has 0 saturated carbocycles. The van der Waals surface area contributed by atoms with Gasteiger partial charge in [0.05, 0.1) is 18.5 Å². The van der Waals surface area contributed by atoms with Gasteiger partial charge in [-0.15, -0.1) is 0 Å². The molecular weight excluding hydrogens is 266 g/mol. The fraction of sp³-hybridized carbons (Fsp3) is 0.750. The molecule has 1 atom stereocenters. The zero-order valence-electron chi connectivity index (χ0n) is 13.5. The normalized spacial score (nSPS) is 20.2. The number of aromatic nitrogens is 2. The van der Waals surface area contributed by atoms with E-state index in [1.165, 1.54) is 25.7 Å². The maximum absolute atomic E-state index is 12.0. The molecule has 1 aromatic rings. The van der Waals surface area contributed by atoms with Gasteiger partial charge in [-0.2, -0.15) is 5.10 Å². The maximum atomic E-state index is 12.0. The molecule has 1 saturated heterocycles. The summed E-state index contributed by atoms with van der Waals surface area (Å²) in [5.41, 5.74) is 1.57. The molecule has 1 aliphatic rings. The van der Waals surface area contributed by atoms with E-state index in [4.69, 9.17) is 4.74 Å². The first-order valence-corrected chi connectivity index (χ1v) is 8.06. The number of likely N-dealkylation sites (tertiary alicyclic amines) is 1. The molecule has 0 bridgehead atoms. The highest BCUT2D eigenvalue weighted by Crippen LogP contribution is 2.22. The predicted octanol–water partition coefficient (Wildman–Crippen LogP) is 2.61. The lowest BCUT2D eigenvalue weighted by Crippen LogP contribution is -2.26. The van der Waals surface area contributed by atoms with Crippen LogP contribution in [0, 0.1) is 5.92 Å². The SMILES string of the molecule is CCOC(=O)c1cnn(C)c1CN1CCCC(CC)CC1. The number of nitrogens with zero attached hydrogens (tertiary/aromatic N) is 3. The molecule has 0 N–H and O–H groups in total. The molecule has 2 heterocycles. The van der Waals surface area contributed by atoms with Gasteiger partial charge in [-0.25, -0.2) is 4.79 Å². The Hall–Kier alpha value is -1.36. The second-order valence-electron chi connectivity index (χ2n) is 5.83. The lowest BCUT2D eigenvalue weighted by molar-refractivity contribution is 0.0523. The van der Waals surface area contributed by atoms with Crippen molar-refractivity contribution in [1.29, 1.82) is 0 Å². The number of hydrogen-bond acceptors (Lipinski definition) is 4. The molecule has 1 aromatic heterocycles. The lowest BCUT2D eigenvalue weighted by atomic mass is 9.98. The van der Waals surface area contributed by atoms with E-state index in [1.807, 2.05) is 14.0 Å². The van der Waals surface area contributed by atoms with Crippen molar-refractivity contribution in [2.24, 2.45) is 13.0 Å². The smallest absolute Gasteiger partial charge is 0.341 e. The first-order chi connectivity index (χ1) is 10.2. The molecule has 5 nitrogen and oxygen atoms in total. The van der Waals surface area contributed by atoms with Crippen molar-refractivity contribution in [3.63, 3.8) is 0 Å². The molecule has 2 rings (SSSR count). The number of carbonyl (C=O) groups is 1. The highest BCUT2D eigenvalue weighted by Gasteiger charge is 2.21. The fourth-order valence-electron chi connectivity index (χ4n) is 3.03. The average Bonchev–Trinajstić information content (AvgIpc) is 2.70. The minimum atomic E-state index is -0.262. The summed E-state index contributed by atoms with van der Waals surface area (Å²) in [7, 11) is 1.89. The van der Waals surface area contributed by atoms with Crippen LogP contribution in [-0.2, 0) is 18.3 Å². The largest absolute Gasteiger partial charge is 0.462 e. The predicted molar refractivity (Wildman–Crippen MR) is 82.1 cm³/mol. The van der Waals surface area contributed by atoms with E-state index in [0.29, 0.717) is 12.2 Å². The van der Waals surface area contributed by atoms with Crippen molar-refractivity contribution >= 4 is 5.97 Å². The van der Waals surface area contributed by atoms with Crippen LogP contribution in [0.4, 0.5) is 0 Å². The highest BCUT2D eigenvalue weighted by molar-refractivity contribution is 5.90. The van der Waals surface area contributed by atoms with Gasteiger partial charge in [0.2, 0.25) is 0 Å². The number of carbonyl (C=O) groups excluding carboxylic acids is 1. The second kappa shape index (κ2) is 7.59. The van der Waals surface area contributed by atoms with E-state index in [1.54, 1.807) is 10.9 Å². The summed E-state index contributed by atoms with van der Waals surface area (Å²) in [4.78, 5) is 14.4. The summed E-state index contributed by atoms with van der Waals surface area (Å²) in [5.74, 6) is 0.591. The molecular formula is C16H27N3O2. The quantitative estimate of drug-likeness (QED) is 0.783.